The molecule has 3 rings (SSSR count). The molecule has 1 aliphatic rings. The van der Waals surface area contributed by atoms with Crippen molar-refractivity contribution in [2.45, 2.75) is 31.7 Å². The van der Waals surface area contributed by atoms with Crippen LogP contribution in [0.2, 0.25) is 0 Å². The molecule has 1 fully saturated rings. The molecule has 0 radical (unpaired) electrons. The van der Waals surface area contributed by atoms with Gasteiger partial charge in [-0.2, -0.15) is 13.2 Å². The van der Waals surface area contributed by atoms with Gasteiger partial charge in [-0.15, -0.1) is 0 Å². The Morgan fingerprint density at radius 1 is 1.23 bits per heavy atom. The first kappa shape index (κ1) is 22.6. The minimum atomic E-state index is -4.85. The fourth-order valence-electron chi connectivity index (χ4n) is 3.26. The molecular weight excluding hydrogens is 416 g/mol. The molecule has 1 unspecified atom stereocenters. The fraction of sp³-hybridized carbons (Fsp3) is 0.429. The molecule has 2 amide bonds. The van der Waals surface area contributed by atoms with E-state index >= 15 is 0 Å². The van der Waals surface area contributed by atoms with Crippen LogP contribution in [0.3, 0.4) is 0 Å². The Morgan fingerprint density at radius 3 is 2.52 bits per heavy atom. The summed E-state index contributed by atoms with van der Waals surface area (Å²) in [6.45, 7) is 2.66. The van der Waals surface area contributed by atoms with Gasteiger partial charge in [0.05, 0.1) is 12.6 Å². The number of pyridine rings is 1. The Hall–Kier alpha value is -3.04. The third-order valence-electron chi connectivity index (χ3n) is 5.00. The van der Waals surface area contributed by atoms with Crippen LogP contribution in [0, 0.1) is 5.82 Å². The lowest BCUT2D eigenvalue weighted by Gasteiger charge is -2.20. The molecule has 2 aromatic rings. The minimum Gasteiger partial charge on any atom is -0.489 e. The van der Waals surface area contributed by atoms with Crippen molar-refractivity contribution in [3.05, 3.63) is 53.5 Å². The van der Waals surface area contributed by atoms with E-state index in [1.165, 1.54) is 11.0 Å². The third kappa shape index (κ3) is 5.56. The van der Waals surface area contributed by atoms with Crippen molar-refractivity contribution < 1.29 is 27.1 Å². The van der Waals surface area contributed by atoms with Crippen molar-refractivity contribution in [3.63, 3.8) is 0 Å². The predicted octanol–water partition coefficient (Wildman–Crippen LogP) is 4.23. The molecule has 0 bridgehead atoms. The molecular formula is C21H24F4N4O2. The van der Waals surface area contributed by atoms with E-state index in [1.54, 1.807) is 31.1 Å². The van der Waals surface area contributed by atoms with Gasteiger partial charge >= 0.3 is 12.2 Å². The van der Waals surface area contributed by atoms with E-state index in [4.69, 9.17) is 4.74 Å². The van der Waals surface area contributed by atoms with Crippen molar-refractivity contribution in [3.8, 4) is 5.75 Å². The van der Waals surface area contributed by atoms with Crippen LogP contribution < -0.4 is 15.0 Å². The predicted molar refractivity (Wildman–Crippen MR) is 108 cm³/mol. The number of hydrogen-bond acceptors (Lipinski definition) is 4. The van der Waals surface area contributed by atoms with E-state index in [-0.39, 0.29) is 24.0 Å². The van der Waals surface area contributed by atoms with Crippen LogP contribution in [0.15, 0.2) is 36.4 Å². The van der Waals surface area contributed by atoms with Gasteiger partial charge in [0.15, 0.2) is 11.5 Å². The van der Waals surface area contributed by atoms with Crippen LogP contribution in [-0.2, 0) is 6.18 Å². The molecule has 10 heteroatoms. The molecule has 2 atom stereocenters. The van der Waals surface area contributed by atoms with Crippen molar-refractivity contribution in [2.75, 3.05) is 32.1 Å². The maximum Gasteiger partial charge on any atom is 0.436 e. The maximum atomic E-state index is 13.5. The summed E-state index contributed by atoms with van der Waals surface area (Å²) in [5.41, 5.74) is -0.605. The highest BCUT2D eigenvalue weighted by atomic mass is 19.4. The van der Waals surface area contributed by atoms with E-state index in [1.807, 2.05) is 19.1 Å². The minimum absolute atomic E-state index is 0.0700. The summed E-state index contributed by atoms with van der Waals surface area (Å²) in [4.78, 5) is 18.3. The number of benzene rings is 1. The Bertz CT molecular complexity index is 919. The summed E-state index contributed by atoms with van der Waals surface area (Å²) in [7, 11) is 3.32. The molecule has 31 heavy (non-hydrogen) atoms. The number of halogens is 4. The molecule has 6 nitrogen and oxygen atoms in total. The number of ether oxygens (including phenoxy) is 1. The lowest BCUT2D eigenvalue weighted by molar-refractivity contribution is -0.143. The van der Waals surface area contributed by atoms with Crippen molar-refractivity contribution in [1.82, 2.24) is 15.2 Å². The Morgan fingerprint density at radius 2 is 1.90 bits per heavy atom. The smallest absolute Gasteiger partial charge is 0.436 e. The van der Waals surface area contributed by atoms with Gasteiger partial charge in [-0.05, 0) is 36.8 Å². The summed E-state index contributed by atoms with van der Waals surface area (Å²) < 4.78 is 58.1. The van der Waals surface area contributed by atoms with E-state index in [9.17, 15) is 22.4 Å². The van der Waals surface area contributed by atoms with E-state index < -0.39 is 17.7 Å². The summed E-state index contributed by atoms with van der Waals surface area (Å²) >= 11 is 0. The SMILES string of the molecule is CC(NC(=O)N(C)C)c1ccc(O[C@@H]2CCN(c3ccc(F)c(C(F)(F)F)n3)C2)cc1. The number of urea groups is 1. The number of nitrogens with zero attached hydrogens (tertiary/aromatic N) is 3. The van der Waals surface area contributed by atoms with Gasteiger partial charge < -0.3 is 19.9 Å². The van der Waals surface area contributed by atoms with Crippen LogP contribution in [0.1, 0.15) is 30.6 Å². The lowest BCUT2D eigenvalue weighted by Crippen LogP contribution is -2.36. The largest absolute Gasteiger partial charge is 0.489 e. The zero-order valence-electron chi connectivity index (χ0n) is 17.4. The molecule has 0 saturated carbocycles. The normalized spacial score (nSPS) is 17.4. The number of carbonyl (C=O) groups excluding carboxylic acids is 1. The zero-order valence-corrected chi connectivity index (χ0v) is 17.4. The summed E-state index contributed by atoms with van der Waals surface area (Å²) in [5.74, 6) is -0.704. The number of alkyl halides is 3. The van der Waals surface area contributed by atoms with Gasteiger partial charge in [0.1, 0.15) is 17.7 Å². The average molecular weight is 440 g/mol. The van der Waals surface area contributed by atoms with Gasteiger partial charge in [-0.3, -0.25) is 0 Å². The molecule has 2 heterocycles. The standard InChI is InChI=1S/C21H24F4N4O2/c1-13(26-20(30)28(2)3)14-4-6-15(7-5-14)31-16-10-11-29(12-16)18-9-8-17(22)19(27-18)21(23,24)25/h4-9,13,16H,10-12H2,1-3H3,(H,26,30)/t13?,16-/m1/s1. The summed E-state index contributed by atoms with van der Waals surface area (Å²) in [6, 6.07) is 8.92. The first-order valence-corrected chi connectivity index (χ1v) is 9.77. The van der Waals surface area contributed by atoms with Crippen molar-refractivity contribution >= 4 is 11.8 Å². The van der Waals surface area contributed by atoms with Crippen LogP contribution in [0.4, 0.5) is 28.2 Å². The van der Waals surface area contributed by atoms with Gasteiger partial charge in [-0.1, -0.05) is 12.1 Å². The molecule has 1 aromatic heterocycles. The highest BCUT2D eigenvalue weighted by molar-refractivity contribution is 5.74. The number of amides is 2. The quantitative estimate of drug-likeness (QED) is 0.707. The maximum absolute atomic E-state index is 13.5. The molecule has 0 aliphatic carbocycles. The highest BCUT2D eigenvalue weighted by Gasteiger charge is 2.37. The topological polar surface area (TPSA) is 57.7 Å². The number of anilines is 1. The van der Waals surface area contributed by atoms with E-state index in [0.29, 0.717) is 25.3 Å². The second kappa shape index (κ2) is 8.99. The Labute approximate surface area is 177 Å². The second-order valence-electron chi connectivity index (χ2n) is 7.61. The van der Waals surface area contributed by atoms with Gasteiger partial charge in [0, 0.05) is 27.1 Å². The molecule has 1 N–H and O–H groups in total. The number of carbonyl (C=O) groups is 1. The number of aromatic nitrogens is 1. The molecule has 1 aliphatic heterocycles. The molecule has 168 valence electrons. The first-order chi connectivity index (χ1) is 14.5. The molecule has 0 spiro atoms. The fourth-order valence-corrected chi connectivity index (χ4v) is 3.26. The van der Waals surface area contributed by atoms with E-state index in [2.05, 4.69) is 10.3 Å². The highest BCUT2D eigenvalue weighted by Crippen LogP contribution is 2.32. The number of nitrogens with one attached hydrogen (secondary N) is 1. The zero-order chi connectivity index (χ0) is 22.8. The second-order valence-corrected chi connectivity index (χ2v) is 7.61. The van der Waals surface area contributed by atoms with Crippen LogP contribution in [0.5, 0.6) is 5.75 Å². The van der Waals surface area contributed by atoms with Crippen molar-refractivity contribution in [1.29, 1.82) is 0 Å². The number of rotatable bonds is 5. The van der Waals surface area contributed by atoms with Gasteiger partial charge in [0.25, 0.3) is 0 Å². The van der Waals surface area contributed by atoms with Gasteiger partial charge in [-0.25, -0.2) is 14.2 Å². The third-order valence-corrected chi connectivity index (χ3v) is 5.00. The van der Waals surface area contributed by atoms with Gasteiger partial charge in [0.2, 0.25) is 0 Å². The first-order valence-electron chi connectivity index (χ1n) is 9.77. The molecule has 1 saturated heterocycles. The Kier molecular flexibility index (Phi) is 6.56. The van der Waals surface area contributed by atoms with Crippen LogP contribution in [-0.4, -0.2) is 49.2 Å². The summed E-state index contributed by atoms with van der Waals surface area (Å²) in [6.07, 6.45) is -4.49. The van der Waals surface area contributed by atoms with Crippen LogP contribution in [0.25, 0.3) is 0 Å². The monoisotopic (exact) mass is 440 g/mol. The average Bonchev–Trinajstić information content (AvgIpc) is 3.16. The Balaban J connectivity index is 1.60. The van der Waals surface area contributed by atoms with Crippen LogP contribution >= 0.6 is 0 Å². The van der Waals surface area contributed by atoms with Crippen molar-refractivity contribution in [2.24, 2.45) is 0 Å². The lowest BCUT2D eigenvalue weighted by atomic mass is 10.1. The number of hydrogen-bond donors (Lipinski definition) is 1. The summed E-state index contributed by atoms with van der Waals surface area (Å²) in [5, 5.41) is 2.86. The van der Waals surface area contributed by atoms with E-state index in [0.717, 1.165) is 11.6 Å². The molecule has 1 aromatic carbocycles.